The second kappa shape index (κ2) is 10.2. The van der Waals surface area contributed by atoms with E-state index in [2.05, 4.69) is 11.4 Å². The van der Waals surface area contributed by atoms with Gasteiger partial charge in [-0.2, -0.15) is 0 Å². The first-order valence-electron chi connectivity index (χ1n) is 11.1. The lowest BCUT2D eigenvalue weighted by Crippen LogP contribution is -2.35. The molecule has 0 saturated heterocycles. The number of anilines is 1. The number of hydrogen-bond donors (Lipinski definition) is 1. The van der Waals surface area contributed by atoms with Gasteiger partial charge in [0.25, 0.3) is 5.91 Å². The number of benzene rings is 2. The lowest BCUT2D eigenvalue weighted by Gasteiger charge is -2.30. The van der Waals surface area contributed by atoms with Gasteiger partial charge in [0, 0.05) is 23.7 Å². The summed E-state index contributed by atoms with van der Waals surface area (Å²) in [6, 6.07) is 15.8. The van der Waals surface area contributed by atoms with Gasteiger partial charge in [-0.05, 0) is 55.4 Å². The van der Waals surface area contributed by atoms with Crippen LogP contribution in [0.15, 0.2) is 53.4 Å². The zero-order valence-electron chi connectivity index (χ0n) is 17.4. The van der Waals surface area contributed by atoms with Gasteiger partial charge in [-0.15, -0.1) is 11.8 Å². The molecule has 1 saturated carbocycles. The van der Waals surface area contributed by atoms with E-state index in [-0.39, 0.29) is 11.8 Å². The topological polar surface area (TPSA) is 49.4 Å². The van der Waals surface area contributed by atoms with E-state index in [1.165, 1.54) is 49.4 Å². The van der Waals surface area contributed by atoms with Gasteiger partial charge in [0.15, 0.2) is 0 Å². The van der Waals surface area contributed by atoms with Gasteiger partial charge < -0.3 is 10.2 Å². The Hall–Kier alpha value is -2.27. The number of nitrogens with one attached hydrogen (secondary N) is 1. The van der Waals surface area contributed by atoms with Crippen LogP contribution in [0, 0.1) is 5.92 Å². The lowest BCUT2D eigenvalue weighted by atomic mass is 9.89. The summed E-state index contributed by atoms with van der Waals surface area (Å²) in [6.45, 7) is 1.52. The highest BCUT2D eigenvalue weighted by Crippen LogP contribution is 2.31. The SMILES string of the molecule is O=C(CSc1ccccc1C(=O)N1CCCc2ccccc21)NCC1CCCCC1. The largest absolute Gasteiger partial charge is 0.355 e. The maximum Gasteiger partial charge on any atom is 0.259 e. The van der Waals surface area contributed by atoms with Crippen molar-refractivity contribution in [3.63, 3.8) is 0 Å². The van der Waals surface area contributed by atoms with Crippen molar-refractivity contribution in [2.24, 2.45) is 5.92 Å². The summed E-state index contributed by atoms with van der Waals surface area (Å²) in [4.78, 5) is 28.5. The normalized spacial score (nSPS) is 16.7. The van der Waals surface area contributed by atoms with Crippen LogP contribution in [0.3, 0.4) is 0 Å². The van der Waals surface area contributed by atoms with Gasteiger partial charge in [-0.25, -0.2) is 0 Å². The van der Waals surface area contributed by atoms with Crippen LogP contribution >= 0.6 is 11.8 Å². The summed E-state index contributed by atoms with van der Waals surface area (Å²) >= 11 is 1.46. The van der Waals surface area contributed by atoms with Crippen molar-refractivity contribution in [3.8, 4) is 0 Å². The molecule has 2 amide bonds. The van der Waals surface area contributed by atoms with E-state index in [1.54, 1.807) is 0 Å². The third kappa shape index (κ3) is 5.07. The molecule has 2 aromatic carbocycles. The first kappa shape index (κ1) is 21.0. The van der Waals surface area contributed by atoms with Crippen molar-refractivity contribution in [2.45, 2.75) is 49.8 Å². The highest BCUT2D eigenvalue weighted by Gasteiger charge is 2.25. The molecule has 0 atom stereocenters. The minimum absolute atomic E-state index is 0.0212. The van der Waals surface area contributed by atoms with Crippen LogP contribution in [0.1, 0.15) is 54.4 Å². The Morgan fingerprint density at radius 3 is 2.60 bits per heavy atom. The van der Waals surface area contributed by atoms with Gasteiger partial charge >= 0.3 is 0 Å². The minimum atomic E-state index is 0.0212. The van der Waals surface area contributed by atoms with Crippen LogP contribution in [0.25, 0.3) is 0 Å². The zero-order chi connectivity index (χ0) is 20.8. The Kier molecular flexibility index (Phi) is 7.11. The van der Waals surface area contributed by atoms with Crippen molar-refractivity contribution >= 4 is 29.3 Å². The molecule has 1 fully saturated rings. The number of para-hydroxylation sites is 1. The highest BCUT2D eigenvalue weighted by molar-refractivity contribution is 8.00. The predicted molar refractivity (Wildman–Crippen MR) is 123 cm³/mol. The molecule has 1 heterocycles. The molecule has 4 rings (SSSR count). The molecule has 0 spiro atoms. The fraction of sp³-hybridized carbons (Fsp3) is 0.440. The molecule has 1 N–H and O–H groups in total. The summed E-state index contributed by atoms with van der Waals surface area (Å²) in [6.07, 6.45) is 8.32. The third-order valence-electron chi connectivity index (χ3n) is 6.14. The molecule has 2 aromatic rings. The van der Waals surface area contributed by atoms with E-state index in [0.717, 1.165) is 36.5 Å². The van der Waals surface area contributed by atoms with Crippen molar-refractivity contribution in [2.75, 3.05) is 23.7 Å². The van der Waals surface area contributed by atoms with E-state index in [1.807, 2.05) is 47.4 Å². The average Bonchev–Trinajstić information content (AvgIpc) is 2.81. The number of carbonyl (C=O) groups excluding carboxylic acids is 2. The standard InChI is InChI=1S/C25H30N2O2S/c28-24(26-17-19-9-2-1-3-10-19)18-30-23-15-7-5-13-21(23)25(29)27-16-8-12-20-11-4-6-14-22(20)27/h4-7,11,13-15,19H,1-3,8-10,12,16-18H2,(H,26,28). The van der Waals surface area contributed by atoms with Crippen molar-refractivity contribution < 1.29 is 9.59 Å². The number of nitrogens with zero attached hydrogens (tertiary/aromatic N) is 1. The first-order valence-corrected chi connectivity index (χ1v) is 12.1. The molecular weight excluding hydrogens is 392 g/mol. The first-order chi connectivity index (χ1) is 14.7. The van der Waals surface area contributed by atoms with Gasteiger partial charge in [0.1, 0.15) is 0 Å². The molecule has 0 bridgehead atoms. The van der Waals surface area contributed by atoms with E-state index in [4.69, 9.17) is 0 Å². The van der Waals surface area contributed by atoms with Crippen molar-refractivity contribution in [3.05, 3.63) is 59.7 Å². The molecule has 0 radical (unpaired) electrons. The van der Waals surface area contributed by atoms with Crippen molar-refractivity contribution in [1.29, 1.82) is 0 Å². The van der Waals surface area contributed by atoms with E-state index in [0.29, 0.717) is 17.2 Å². The summed E-state index contributed by atoms with van der Waals surface area (Å²) in [5.41, 5.74) is 2.92. The molecule has 2 aliphatic rings. The van der Waals surface area contributed by atoms with Crippen molar-refractivity contribution in [1.82, 2.24) is 5.32 Å². The Bertz CT molecular complexity index is 892. The Balaban J connectivity index is 1.39. The fourth-order valence-electron chi connectivity index (χ4n) is 4.50. The molecule has 158 valence electrons. The predicted octanol–water partition coefficient (Wildman–Crippen LogP) is 5.07. The second-order valence-corrected chi connectivity index (χ2v) is 9.30. The monoisotopic (exact) mass is 422 g/mol. The second-order valence-electron chi connectivity index (χ2n) is 8.28. The van der Waals surface area contributed by atoms with E-state index < -0.39 is 0 Å². The number of aryl methyl sites for hydroxylation is 1. The average molecular weight is 423 g/mol. The maximum atomic E-state index is 13.4. The Labute approximate surface area is 183 Å². The van der Waals surface area contributed by atoms with E-state index >= 15 is 0 Å². The molecule has 5 heteroatoms. The highest BCUT2D eigenvalue weighted by atomic mass is 32.2. The molecule has 30 heavy (non-hydrogen) atoms. The van der Waals surface area contributed by atoms with Crippen LogP contribution < -0.4 is 10.2 Å². The number of thioether (sulfide) groups is 1. The van der Waals surface area contributed by atoms with Gasteiger partial charge in [0.2, 0.25) is 5.91 Å². The summed E-state index contributed by atoms with van der Waals surface area (Å²) in [5.74, 6) is 1.04. The molecule has 1 aliphatic heterocycles. The van der Waals surface area contributed by atoms with Crippen LogP contribution in [-0.4, -0.2) is 30.7 Å². The number of rotatable bonds is 6. The summed E-state index contributed by atoms with van der Waals surface area (Å²) in [7, 11) is 0. The van der Waals surface area contributed by atoms with Crippen LogP contribution in [0.5, 0.6) is 0 Å². The number of fused-ring (bicyclic) bond motifs is 1. The third-order valence-corrected chi connectivity index (χ3v) is 7.22. The fourth-order valence-corrected chi connectivity index (χ4v) is 5.38. The molecular formula is C25H30N2O2S. The molecule has 4 nitrogen and oxygen atoms in total. The minimum Gasteiger partial charge on any atom is -0.355 e. The van der Waals surface area contributed by atoms with Crippen LogP contribution in [-0.2, 0) is 11.2 Å². The smallest absolute Gasteiger partial charge is 0.259 e. The molecule has 1 aliphatic carbocycles. The number of hydrogen-bond acceptors (Lipinski definition) is 3. The van der Waals surface area contributed by atoms with Gasteiger partial charge in [-0.1, -0.05) is 49.6 Å². The Morgan fingerprint density at radius 2 is 1.73 bits per heavy atom. The number of amides is 2. The summed E-state index contributed by atoms with van der Waals surface area (Å²) < 4.78 is 0. The lowest BCUT2D eigenvalue weighted by molar-refractivity contribution is -0.118. The molecule has 0 aromatic heterocycles. The van der Waals surface area contributed by atoms with Crippen LogP contribution in [0.2, 0.25) is 0 Å². The quantitative estimate of drug-likeness (QED) is 0.662. The zero-order valence-corrected chi connectivity index (χ0v) is 18.3. The van der Waals surface area contributed by atoms with Gasteiger partial charge in [0.05, 0.1) is 11.3 Å². The number of carbonyl (C=O) groups is 2. The van der Waals surface area contributed by atoms with Gasteiger partial charge in [-0.3, -0.25) is 9.59 Å². The summed E-state index contributed by atoms with van der Waals surface area (Å²) in [5, 5.41) is 3.09. The van der Waals surface area contributed by atoms with E-state index in [9.17, 15) is 9.59 Å². The maximum absolute atomic E-state index is 13.4. The van der Waals surface area contributed by atoms with Crippen LogP contribution in [0.4, 0.5) is 5.69 Å². The molecule has 0 unspecified atom stereocenters. The Morgan fingerprint density at radius 1 is 0.967 bits per heavy atom.